The van der Waals surface area contributed by atoms with Gasteiger partial charge in [0.15, 0.2) is 0 Å². The lowest BCUT2D eigenvalue weighted by molar-refractivity contribution is -0.148. The van der Waals surface area contributed by atoms with Crippen LogP contribution >= 0.6 is 11.8 Å². The van der Waals surface area contributed by atoms with E-state index in [-0.39, 0.29) is 5.41 Å². The molecule has 1 radical (unpaired) electrons. The molecule has 0 saturated carbocycles. The Balaban J connectivity index is 2.89. The molecule has 123 valence electrons. The third-order valence-electron chi connectivity index (χ3n) is 3.08. The van der Waals surface area contributed by atoms with Gasteiger partial charge in [0, 0.05) is 11.9 Å². The molecule has 1 atom stereocenters. The van der Waals surface area contributed by atoms with Crippen molar-refractivity contribution in [2.45, 2.75) is 57.4 Å². The first-order valence-corrected chi connectivity index (χ1v) is 10.8. The van der Waals surface area contributed by atoms with Crippen molar-refractivity contribution in [3.63, 3.8) is 0 Å². The highest BCUT2D eigenvalue weighted by Crippen LogP contribution is 2.38. The lowest BCUT2D eigenvalue weighted by atomic mass is 9.89. The molecular formula is C16H26NO3SSi. The van der Waals surface area contributed by atoms with Gasteiger partial charge in [0.1, 0.15) is 0 Å². The molecule has 0 aromatic carbocycles. The molecule has 0 aliphatic rings. The van der Waals surface area contributed by atoms with Crippen LogP contribution in [-0.2, 0) is 15.0 Å². The molecule has 0 spiro atoms. The second-order valence-electron chi connectivity index (χ2n) is 6.74. The molecule has 0 aliphatic heterocycles. The number of aliphatic carboxylic acids is 1. The van der Waals surface area contributed by atoms with Crippen LogP contribution in [0.4, 0.5) is 0 Å². The van der Waals surface area contributed by atoms with Crippen LogP contribution in [0, 0.1) is 5.41 Å². The number of hydrogen-bond acceptors (Lipinski definition) is 4. The standard InChI is InChI=1S/C16H26NO3SSi/c1-15(2,3)9-10-16(14(18)19,20-22(4)5)21-12-13-8-6-7-11-17-13/h6-8,11H,9-10,12H2,1-5H3,(H,18,19). The van der Waals surface area contributed by atoms with E-state index in [1.165, 1.54) is 11.8 Å². The van der Waals surface area contributed by atoms with Gasteiger partial charge in [-0.2, -0.15) is 0 Å². The fourth-order valence-electron chi connectivity index (χ4n) is 1.91. The van der Waals surface area contributed by atoms with E-state index in [1.807, 2.05) is 31.3 Å². The van der Waals surface area contributed by atoms with Gasteiger partial charge >= 0.3 is 5.97 Å². The molecule has 1 aromatic rings. The average Bonchev–Trinajstić information content (AvgIpc) is 2.41. The first-order valence-electron chi connectivity index (χ1n) is 7.41. The Kier molecular flexibility index (Phi) is 7.09. The zero-order chi connectivity index (χ0) is 16.8. The van der Waals surface area contributed by atoms with E-state index in [0.717, 1.165) is 12.1 Å². The van der Waals surface area contributed by atoms with Gasteiger partial charge in [0.25, 0.3) is 0 Å². The van der Waals surface area contributed by atoms with Gasteiger partial charge in [0.2, 0.25) is 14.0 Å². The minimum Gasteiger partial charge on any atom is -0.478 e. The Morgan fingerprint density at radius 2 is 2.00 bits per heavy atom. The molecule has 1 heterocycles. The van der Waals surface area contributed by atoms with Crippen molar-refractivity contribution >= 4 is 26.8 Å². The number of pyridine rings is 1. The van der Waals surface area contributed by atoms with Crippen molar-refractivity contribution in [2.24, 2.45) is 5.41 Å². The van der Waals surface area contributed by atoms with Crippen molar-refractivity contribution < 1.29 is 14.3 Å². The third-order valence-corrected chi connectivity index (χ3v) is 5.35. The number of carboxylic acid groups (broad SMARTS) is 1. The topological polar surface area (TPSA) is 59.4 Å². The molecule has 0 fully saturated rings. The molecule has 6 heteroatoms. The van der Waals surface area contributed by atoms with Crippen LogP contribution in [0.3, 0.4) is 0 Å². The van der Waals surface area contributed by atoms with Crippen molar-refractivity contribution in [3.8, 4) is 0 Å². The molecule has 1 N–H and O–H groups in total. The fraction of sp³-hybridized carbons (Fsp3) is 0.625. The van der Waals surface area contributed by atoms with Crippen LogP contribution in [0.1, 0.15) is 39.3 Å². The normalized spacial score (nSPS) is 14.8. The zero-order valence-electron chi connectivity index (χ0n) is 14.0. The molecule has 0 amide bonds. The summed E-state index contributed by atoms with van der Waals surface area (Å²) >= 11 is 1.34. The minimum atomic E-state index is -1.18. The number of carboxylic acids is 1. The van der Waals surface area contributed by atoms with Crippen molar-refractivity contribution in [1.29, 1.82) is 0 Å². The van der Waals surface area contributed by atoms with Gasteiger partial charge in [-0.3, -0.25) is 4.98 Å². The molecule has 1 unspecified atom stereocenters. The van der Waals surface area contributed by atoms with E-state index in [1.54, 1.807) is 6.20 Å². The molecular weight excluding hydrogens is 314 g/mol. The average molecular weight is 341 g/mol. The van der Waals surface area contributed by atoms with Gasteiger partial charge in [0.05, 0.1) is 5.69 Å². The second kappa shape index (κ2) is 8.13. The predicted octanol–water partition coefficient (Wildman–Crippen LogP) is 4.19. The largest absolute Gasteiger partial charge is 0.478 e. The molecule has 0 bridgehead atoms. The molecule has 0 aliphatic carbocycles. The van der Waals surface area contributed by atoms with Crippen LogP contribution < -0.4 is 0 Å². The number of thioether (sulfide) groups is 1. The van der Waals surface area contributed by atoms with Crippen LogP contribution in [0.25, 0.3) is 0 Å². The second-order valence-corrected chi connectivity index (χ2v) is 10.00. The number of hydrogen-bond donors (Lipinski definition) is 1. The van der Waals surface area contributed by atoms with Gasteiger partial charge in [-0.05, 0) is 43.5 Å². The maximum absolute atomic E-state index is 11.9. The summed E-state index contributed by atoms with van der Waals surface area (Å²) in [5, 5.41) is 9.80. The van der Waals surface area contributed by atoms with Gasteiger partial charge < -0.3 is 9.53 Å². The Bertz CT molecular complexity index is 476. The van der Waals surface area contributed by atoms with E-state index in [0.29, 0.717) is 12.2 Å². The van der Waals surface area contributed by atoms with Crippen molar-refractivity contribution in [2.75, 3.05) is 0 Å². The maximum Gasteiger partial charge on any atom is 0.345 e. The van der Waals surface area contributed by atoms with Crippen LogP contribution in [0.15, 0.2) is 24.4 Å². The van der Waals surface area contributed by atoms with Crippen molar-refractivity contribution in [1.82, 2.24) is 4.98 Å². The fourth-order valence-corrected chi connectivity index (χ4v) is 4.41. The van der Waals surface area contributed by atoms with Crippen molar-refractivity contribution in [3.05, 3.63) is 30.1 Å². The monoisotopic (exact) mass is 340 g/mol. The summed E-state index contributed by atoms with van der Waals surface area (Å²) in [6.07, 6.45) is 3.02. The molecule has 1 rings (SSSR count). The summed E-state index contributed by atoms with van der Waals surface area (Å²) in [7, 11) is -1.13. The summed E-state index contributed by atoms with van der Waals surface area (Å²) < 4.78 is 5.95. The SMILES string of the molecule is C[Si](C)OC(CCC(C)(C)C)(SCc1ccccn1)C(=O)O. The van der Waals surface area contributed by atoms with E-state index < -0.39 is 19.9 Å². The Morgan fingerprint density at radius 3 is 2.45 bits per heavy atom. The molecule has 1 aromatic heterocycles. The highest BCUT2D eigenvalue weighted by atomic mass is 32.2. The van der Waals surface area contributed by atoms with Gasteiger partial charge in [-0.25, -0.2) is 4.79 Å². The smallest absolute Gasteiger partial charge is 0.345 e. The number of rotatable bonds is 8. The number of aromatic nitrogens is 1. The summed E-state index contributed by atoms with van der Waals surface area (Å²) in [5.74, 6) is -0.351. The van der Waals surface area contributed by atoms with E-state index in [2.05, 4.69) is 25.8 Å². The molecule has 4 nitrogen and oxygen atoms in total. The number of nitrogens with zero attached hydrogens (tertiary/aromatic N) is 1. The quantitative estimate of drug-likeness (QED) is 0.568. The summed E-state index contributed by atoms with van der Waals surface area (Å²) in [6, 6.07) is 5.68. The lowest BCUT2D eigenvalue weighted by Gasteiger charge is -2.33. The summed E-state index contributed by atoms with van der Waals surface area (Å²) in [6.45, 7) is 10.3. The summed E-state index contributed by atoms with van der Waals surface area (Å²) in [4.78, 5) is 15.0. The lowest BCUT2D eigenvalue weighted by Crippen LogP contribution is -2.42. The number of carbonyl (C=O) groups is 1. The Hall–Kier alpha value is -0.853. The maximum atomic E-state index is 11.9. The predicted molar refractivity (Wildman–Crippen MR) is 93.2 cm³/mol. The Morgan fingerprint density at radius 1 is 1.32 bits per heavy atom. The molecule has 0 saturated heterocycles. The zero-order valence-corrected chi connectivity index (χ0v) is 15.9. The highest BCUT2D eigenvalue weighted by molar-refractivity contribution is 8.00. The van der Waals surface area contributed by atoms with Crippen LogP contribution in [0.2, 0.25) is 13.1 Å². The molecule has 22 heavy (non-hydrogen) atoms. The minimum absolute atomic E-state index is 0.0734. The third kappa shape index (κ3) is 6.50. The first kappa shape index (κ1) is 19.2. The van der Waals surface area contributed by atoms with Gasteiger partial charge in [-0.1, -0.05) is 26.8 Å². The van der Waals surface area contributed by atoms with Crippen LogP contribution in [0.5, 0.6) is 0 Å². The van der Waals surface area contributed by atoms with Crippen LogP contribution in [-0.4, -0.2) is 30.0 Å². The summed E-state index contributed by atoms with van der Waals surface area (Å²) in [5.41, 5.74) is 0.947. The van der Waals surface area contributed by atoms with Gasteiger partial charge in [-0.15, -0.1) is 11.8 Å². The highest BCUT2D eigenvalue weighted by Gasteiger charge is 2.41. The van der Waals surface area contributed by atoms with E-state index in [9.17, 15) is 9.90 Å². The first-order chi connectivity index (χ1) is 10.1. The van der Waals surface area contributed by atoms with E-state index in [4.69, 9.17) is 4.43 Å². The van der Waals surface area contributed by atoms with E-state index >= 15 is 0 Å². The Labute approximate surface area is 139 Å².